The Morgan fingerprint density at radius 1 is 1.37 bits per heavy atom. The molecular formula is C15H20BrNO2. The van der Waals surface area contributed by atoms with Crippen LogP contribution in [0.2, 0.25) is 0 Å². The normalized spacial score (nSPS) is 19.8. The summed E-state index contributed by atoms with van der Waals surface area (Å²) in [4.78, 5) is 14.3. The summed E-state index contributed by atoms with van der Waals surface area (Å²) in [5, 5.41) is 9.08. The summed E-state index contributed by atoms with van der Waals surface area (Å²) in [5.41, 5.74) is 0.790. The van der Waals surface area contributed by atoms with Gasteiger partial charge >= 0.3 is 0 Å². The first-order chi connectivity index (χ1) is 9.19. The third kappa shape index (κ3) is 4.41. The van der Waals surface area contributed by atoms with Crippen molar-refractivity contribution in [2.45, 2.75) is 19.3 Å². The van der Waals surface area contributed by atoms with Crippen LogP contribution < -0.4 is 0 Å². The van der Waals surface area contributed by atoms with Crippen molar-refractivity contribution in [2.75, 3.05) is 26.2 Å². The molecule has 0 aromatic heterocycles. The number of nitrogens with zero attached hydrogens (tertiary/aromatic N) is 1. The monoisotopic (exact) mass is 325 g/mol. The fourth-order valence-electron chi connectivity index (χ4n) is 2.51. The number of halogens is 1. The largest absolute Gasteiger partial charge is 0.396 e. The molecule has 1 aliphatic heterocycles. The molecule has 1 unspecified atom stereocenters. The highest BCUT2D eigenvalue weighted by atomic mass is 79.9. The second-order valence-corrected chi connectivity index (χ2v) is 6.09. The molecule has 1 N–H and O–H groups in total. The summed E-state index contributed by atoms with van der Waals surface area (Å²) in [6.07, 6.45) is 2.58. The molecule has 0 bridgehead atoms. The maximum atomic E-state index is 12.0. The van der Waals surface area contributed by atoms with Crippen LogP contribution in [0.25, 0.3) is 0 Å². The second-order valence-electron chi connectivity index (χ2n) is 5.17. The molecule has 1 aromatic carbocycles. The number of carbonyl (C=O) groups excluding carboxylic acids is 1. The average molecular weight is 326 g/mol. The number of aliphatic hydroxyl groups excluding tert-OH is 1. The Morgan fingerprint density at radius 3 is 2.74 bits per heavy atom. The summed E-state index contributed by atoms with van der Waals surface area (Å²) in [6.45, 7) is 3.27. The minimum atomic E-state index is 0.213. The van der Waals surface area contributed by atoms with Crippen molar-refractivity contribution >= 4 is 21.7 Å². The number of likely N-dealkylation sites (tertiary alicyclic amines) is 1. The van der Waals surface area contributed by atoms with Gasteiger partial charge in [-0.3, -0.25) is 4.79 Å². The van der Waals surface area contributed by atoms with E-state index in [0.29, 0.717) is 12.3 Å². The zero-order chi connectivity index (χ0) is 13.7. The van der Waals surface area contributed by atoms with Crippen LogP contribution in [-0.4, -0.2) is 42.0 Å². The summed E-state index contributed by atoms with van der Waals surface area (Å²) in [7, 11) is 0. The zero-order valence-electron chi connectivity index (χ0n) is 11.0. The van der Waals surface area contributed by atoms with Crippen molar-refractivity contribution in [3.05, 3.63) is 34.3 Å². The Bertz CT molecular complexity index is 419. The third-order valence-electron chi connectivity index (χ3n) is 3.67. The van der Waals surface area contributed by atoms with Crippen molar-refractivity contribution in [1.82, 2.24) is 4.90 Å². The van der Waals surface area contributed by atoms with Crippen LogP contribution in [0.15, 0.2) is 28.7 Å². The lowest BCUT2D eigenvalue weighted by Gasteiger charge is -2.14. The second kappa shape index (κ2) is 7.17. The summed E-state index contributed by atoms with van der Waals surface area (Å²) in [5.74, 6) is 0.646. The number of aliphatic hydroxyl groups is 1. The number of rotatable bonds is 6. The van der Waals surface area contributed by atoms with Crippen LogP contribution in [0.3, 0.4) is 0 Å². The molecular weight excluding hydrogens is 306 g/mol. The zero-order valence-corrected chi connectivity index (χ0v) is 12.6. The van der Waals surface area contributed by atoms with E-state index >= 15 is 0 Å². The van der Waals surface area contributed by atoms with E-state index in [-0.39, 0.29) is 12.4 Å². The van der Waals surface area contributed by atoms with E-state index < -0.39 is 0 Å². The maximum absolute atomic E-state index is 12.0. The standard InChI is InChI=1S/C15H20BrNO2/c16-14-5-3-13(4-6-14)15(19)2-1-8-17-9-7-12(10-17)11-18/h3-6,12,18H,1-2,7-11H2. The highest BCUT2D eigenvalue weighted by molar-refractivity contribution is 9.10. The van der Waals surface area contributed by atoms with Crippen molar-refractivity contribution < 1.29 is 9.90 Å². The lowest BCUT2D eigenvalue weighted by molar-refractivity contribution is 0.0975. The van der Waals surface area contributed by atoms with Crippen LogP contribution in [0.5, 0.6) is 0 Å². The highest BCUT2D eigenvalue weighted by Gasteiger charge is 2.21. The molecule has 1 aromatic rings. The fourth-order valence-corrected chi connectivity index (χ4v) is 2.77. The molecule has 0 aliphatic carbocycles. The molecule has 1 atom stereocenters. The van der Waals surface area contributed by atoms with Gasteiger partial charge in [-0.1, -0.05) is 28.1 Å². The molecule has 0 spiro atoms. The van der Waals surface area contributed by atoms with Crippen LogP contribution in [0.4, 0.5) is 0 Å². The average Bonchev–Trinajstić information content (AvgIpc) is 2.87. The first kappa shape index (κ1) is 14.7. The van der Waals surface area contributed by atoms with Crippen LogP contribution in [0.1, 0.15) is 29.6 Å². The molecule has 104 valence electrons. The molecule has 1 saturated heterocycles. The van der Waals surface area contributed by atoms with E-state index in [4.69, 9.17) is 5.11 Å². The molecule has 3 nitrogen and oxygen atoms in total. The van der Waals surface area contributed by atoms with Gasteiger partial charge in [0, 0.05) is 29.6 Å². The predicted octanol–water partition coefficient (Wildman–Crippen LogP) is 2.73. The summed E-state index contributed by atoms with van der Waals surface area (Å²) >= 11 is 3.37. The molecule has 1 heterocycles. The topological polar surface area (TPSA) is 40.5 Å². The van der Waals surface area contributed by atoms with Crippen molar-refractivity contribution in [1.29, 1.82) is 0 Å². The van der Waals surface area contributed by atoms with Gasteiger partial charge in [0.25, 0.3) is 0 Å². The Balaban J connectivity index is 1.71. The highest BCUT2D eigenvalue weighted by Crippen LogP contribution is 2.17. The molecule has 0 radical (unpaired) electrons. The Labute approximate surface area is 122 Å². The maximum Gasteiger partial charge on any atom is 0.162 e. The van der Waals surface area contributed by atoms with Gasteiger partial charge in [0.05, 0.1) is 0 Å². The minimum absolute atomic E-state index is 0.213. The van der Waals surface area contributed by atoms with E-state index in [1.165, 1.54) is 0 Å². The summed E-state index contributed by atoms with van der Waals surface area (Å²) < 4.78 is 0.996. The van der Waals surface area contributed by atoms with Gasteiger partial charge in [-0.15, -0.1) is 0 Å². The van der Waals surface area contributed by atoms with Gasteiger partial charge in [0.15, 0.2) is 5.78 Å². The quantitative estimate of drug-likeness (QED) is 0.817. The lowest BCUT2D eigenvalue weighted by atomic mass is 10.1. The van der Waals surface area contributed by atoms with E-state index in [2.05, 4.69) is 20.8 Å². The lowest BCUT2D eigenvalue weighted by Crippen LogP contribution is -2.23. The van der Waals surface area contributed by atoms with Gasteiger partial charge in [0.1, 0.15) is 0 Å². The van der Waals surface area contributed by atoms with E-state index in [9.17, 15) is 4.79 Å². The van der Waals surface area contributed by atoms with Gasteiger partial charge < -0.3 is 10.0 Å². The van der Waals surface area contributed by atoms with E-state index in [0.717, 1.165) is 42.5 Å². The molecule has 1 aliphatic rings. The number of hydrogen-bond donors (Lipinski definition) is 1. The SMILES string of the molecule is O=C(CCCN1CCC(CO)C1)c1ccc(Br)cc1. The van der Waals surface area contributed by atoms with Crippen LogP contribution >= 0.6 is 15.9 Å². The first-order valence-electron chi connectivity index (χ1n) is 6.81. The van der Waals surface area contributed by atoms with Gasteiger partial charge in [0.2, 0.25) is 0 Å². The molecule has 2 rings (SSSR count). The van der Waals surface area contributed by atoms with Gasteiger partial charge in [-0.2, -0.15) is 0 Å². The predicted molar refractivity (Wildman–Crippen MR) is 79.3 cm³/mol. The van der Waals surface area contributed by atoms with Crippen molar-refractivity contribution in [3.63, 3.8) is 0 Å². The van der Waals surface area contributed by atoms with Crippen LogP contribution in [-0.2, 0) is 0 Å². The Hall–Kier alpha value is -0.710. The molecule has 0 saturated carbocycles. The molecule has 0 amide bonds. The van der Waals surface area contributed by atoms with Gasteiger partial charge in [-0.25, -0.2) is 0 Å². The summed E-state index contributed by atoms with van der Waals surface area (Å²) in [6, 6.07) is 7.53. The van der Waals surface area contributed by atoms with Gasteiger partial charge in [-0.05, 0) is 44.0 Å². The van der Waals surface area contributed by atoms with E-state index in [1.807, 2.05) is 24.3 Å². The van der Waals surface area contributed by atoms with Crippen molar-refractivity contribution in [3.8, 4) is 0 Å². The number of hydrogen-bond acceptors (Lipinski definition) is 3. The van der Waals surface area contributed by atoms with Crippen LogP contribution in [0, 0.1) is 5.92 Å². The smallest absolute Gasteiger partial charge is 0.162 e. The molecule has 1 fully saturated rings. The van der Waals surface area contributed by atoms with E-state index in [1.54, 1.807) is 0 Å². The number of benzene rings is 1. The number of ketones is 1. The molecule has 4 heteroatoms. The third-order valence-corrected chi connectivity index (χ3v) is 4.20. The number of carbonyl (C=O) groups is 1. The fraction of sp³-hybridized carbons (Fsp3) is 0.533. The Morgan fingerprint density at radius 2 is 2.11 bits per heavy atom. The molecule has 19 heavy (non-hydrogen) atoms. The number of Topliss-reactive ketones (excluding diaryl/α,β-unsaturated/α-hetero) is 1. The first-order valence-corrected chi connectivity index (χ1v) is 7.60. The van der Waals surface area contributed by atoms with Crippen molar-refractivity contribution in [2.24, 2.45) is 5.92 Å². The minimum Gasteiger partial charge on any atom is -0.396 e. The Kier molecular flexibility index (Phi) is 5.55.